The van der Waals surface area contributed by atoms with Crippen LogP contribution in [0.1, 0.15) is 13.8 Å². The summed E-state index contributed by atoms with van der Waals surface area (Å²) in [6, 6.07) is 6.94. The molecule has 2 rings (SSSR count). The number of rotatable bonds is 5. The maximum Gasteiger partial charge on any atom is 0.315 e. The Kier molecular flexibility index (Phi) is 5.95. The minimum Gasteiger partial charge on any atom is -0.491 e. The molecule has 2 N–H and O–H groups in total. The van der Waals surface area contributed by atoms with E-state index in [0.717, 1.165) is 11.3 Å². The average Bonchev–Trinajstić information content (AvgIpc) is 2.91. The first-order chi connectivity index (χ1) is 11.0. The smallest absolute Gasteiger partial charge is 0.315 e. The van der Waals surface area contributed by atoms with Crippen molar-refractivity contribution in [1.82, 2.24) is 4.98 Å². The van der Waals surface area contributed by atoms with Gasteiger partial charge in [-0.3, -0.25) is 14.9 Å². The van der Waals surface area contributed by atoms with Crippen LogP contribution in [0.5, 0.6) is 5.75 Å². The average molecular weight is 354 g/mol. The van der Waals surface area contributed by atoms with Gasteiger partial charge in [0.05, 0.1) is 18.5 Å². The third kappa shape index (κ3) is 5.22. The van der Waals surface area contributed by atoms with Crippen molar-refractivity contribution in [2.45, 2.75) is 13.8 Å². The molecule has 2 amide bonds. The van der Waals surface area contributed by atoms with Crippen molar-refractivity contribution in [3.63, 3.8) is 0 Å². The van der Waals surface area contributed by atoms with Gasteiger partial charge in [-0.2, -0.15) is 0 Å². The Balaban J connectivity index is 2.00. The van der Waals surface area contributed by atoms with Gasteiger partial charge >= 0.3 is 11.8 Å². The van der Waals surface area contributed by atoms with E-state index in [9.17, 15) is 9.59 Å². The van der Waals surface area contributed by atoms with E-state index in [1.54, 1.807) is 24.3 Å². The van der Waals surface area contributed by atoms with E-state index < -0.39 is 11.8 Å². The molecule has 0 aliphatic heterocycles. The van der Waals surface area contributed by atoms with Gasteiger partial charge in [0, 0.05) is 0 Å². The topological polar surface area (TPSA) is 80.3 Å². The number of amides is 2. The Morgan fingerprint density at radius 2 is 1.96 bits per heavy atom. The summed E-state index contributed by atoms with van der Waals surface area (Å²) in [7, 11) is 0. The van der Waals surface area contributed by atoms with E-state index in [2.05, 4.69) is 15.6 Å². The molecule has 0 bridgehead atoms. The van der Waals surface area contributed by atoms with Gasteiger partial charge in [-0.15, -0.1) is 0 Å². The van der Waals surface area contributed by atoms with Crippen molar-refractivity contribution in [3.8, 4) is 5.75 Å². The minimum atomic E-state index is -0.824. The Bertz CT molecular complexity index is 703. The fourth-order valence-corrected chi connectivity index (χ4v) is 2.40. The van der Waals surface area contributed by atoms with Gasteiger partial charge < -0.3 is 10.1 Å². The zero-order chi connectivity index (χ0) is 16.8. The first-order valence-corrected chi connectivity index (χ1v) is 8.10. The Morgan fingerprint density at radius 3 is 2.61 bits per heavy atom. The summed E-state index contributed by atoms with van der Waals surface area (Å²) in [5.41, 5.74) is 0.436. The molecule has 1 aromatic carbocycles. The van der Waals surface area contributed by atoms with Gasteiger partial charge in [0.1, 0.15) is 10.1 Å². The molecule has 2 aromatic rings. The second kappa shape index (κ2) is 7.94. The lowest BCUT2D eigenvalue weighted by molar-refractivity contribution is -0.133. The summed E-state index contributed by atoms with van der Waals surface area (Å²) in [5.74, 6) is -0.775. The molecule has 8 heteroatoms. The molecule has 0 fully saturated rings. The molecule has 23 heavy (non-hydrogen) atoms. The number of anilines is 2. The third-order valence-corrected chi connectivity index (χ3v) is 3.64. The number of hydrogen-bond donors (Lipinski definition) is 2. The second-order valence-electron chi connectivity index (χ2n) is 5.08. The Hall–Kier alpha value is -2.12. The summed E-state index contributed by atoms with van der Waals surface area (Å²) in [4.78, 5) is 27.7. The number of benzene rings is 1. The van der Waals surface area contributed by atoms with Crippen LogP contribution in [0.4, 0.5) is 10.8 Å². The Labute approximate surface area is 142 Å². The lowest BCUT2D eigenvalue weighted by atomic mass is 10.2. The van der Waals surface area contributed by atoms with E-state index in [-0.39, 0.29) is 5.13 Å². The first kappa shape index (κ1) is 17.2. The molecule has 0 saturated heterocycles. The number of para-hydroxylation sites is 2. The van der Waals surface area contributed by atoms with Gasteiger partial charge in [-0.05, 0) is 18.1 Å². The predicted molar refractivity (Wildman–Crippen MR) is 91.2 cm³/mol. The number of nitrogens with one attached hydrogen (secondary N) is 2. The maximum atomic E-state index is 12.0. The molecule has 1 heterocycles. The molecular formula is C15H16ClN3O3S. The molecule has 1 aromatic heterocycles. The standard InChI is InChI=1S/C15H16ClN3O3S/c1-9(2)8-22-11-6-4-3-5-10(11)18-13(20)14(21)19-15-17-7-12(16)23-15/h3-7,9H,8H2,1-2H3,(H,18,20)(H,17,19,21). The van der Waals surface area contributed by atoms with Crippen LogP contribution in [0.2, 0.25) is 4.34 Å². The predicted octanol–water partition coefficient (Wildman–Crippen LogP) is 3.41. The van der Waals surface area contributed by atoms with Crippen LogP contribution in [-0.4, -0.2) is 23.4 Å². The van der Waals surface area contributed by atoms with Crippen LogP contribution in [-0.2, 0) is 9.59 Å². The number of aromatic nitrogens is 1. The van der Waals surface area contributed by atoms with Gasteiger partial charge in [0.15, 0.2) is 5.13 Å². The van der Waals surface area contributed by atoms with Crippen LogP contribution in [0.25, 0.3) is 0 Å². The molecule has 0 saturated carbocycles. The van der Waals surface area contributed by atoms with Crippen LogP contribution < -0.4 is 15.4 Å². The highest BCUT2D eigenvalue weighted by molar-refractivity contribution is 7.19. The third-order valence-electron chi connectivity index (χ3n) is 2.61. The fraction of sp³-hybridized carbons (Fsp3) is 0.267. The Morgan fingerprint density at radius 1 is 1.26 bits per heavy atom. The van der Waals surface area contributed by atoms with Crippen LogP contribution in [0.15, 0.2) is 30.5 Å². The number of halogens is 1. The minimum absolute atomic E-state index is 0.263. The number of carbonyl (C=O) groups is 2. The largest absolute Gasteiger partial charge is 0.491 e. The maximum absolute atomic E-state index is 12.0. The zero-order valence-corrected chi connectivity index (χ0v) is 14.2. The van der Waals surface area contributed by atoms with Crippen molar-refractivity contribution >= 4 is 45.6 Å². The molecule has 0 aliphatic carbocycles. The van der Waals surface area contributed by atoms with Gasteiger partial charge in [0.2, 0.25) is 0 Å². The summed E-state index contributed by atoms with van der Waals surface area (Å²) in [6.07, 6.45) is 1.40. The van der Waals surface area contributed by atoms with Crippen molar-refractivity contribution in [2.24, 2.45) is 5.92 Å². The number of carbonyl (C=O) groups excluding carboxylic acids is 2. The normalized spacial score (nSPS) is 10.4. The van der Waals surface area contributed by atoms with Crippen molar-refractivity contribution in [2.75, 3.05) is 17.2 Å². The van der Waals surface area contributed by atoms with Gasteiger partial charge in [0.25, 0.3) is 0 Å². The highest BCUT2D eigenvalue weighted by atomic mass is 35.5. The number of thiazole rings is 1. The highest BCUT2D eigenvalue weighted by Gasteiger charge is 2.17. The highest BCUT2D eigenvalue weighted by Crippen LogP contribution is 2.25. The van der Waals surface area contributed by atoms with Gasteiger partial charge in [-0.1, -0.05) is 48.9 Å². The molecule has 122 valence electrons. The molecule has 0 aliphatic rings. The molecule has 0 atom stereocenters. The molecule has 0 spiro atoms. The van der Waals surface area contributed by atoms with E-state index >= 15 is 0 Å². The quantitative estimate of drug-likeness (QED) is 0.807. The molecule has 0 radical (unpaired) electrons. The monoisotopic (exact) mass is 353 g/mol. The van der Waals surface area contributed by atoms with Crippen molar-refractivity contribution in [1.29, 1.82) is 0 Å². The zero-order valence-electron chi connectivity index (χ0n) is 12.6. The van der Waals surface area contributed by atoms with Crippen LogP contribution in [0, 0.1) is 5.92 Å². The van der Waals surface area contributed by atoms with Crippen molar-refractivity contribution < 1.29 is 14.3 Å². The summed E-state index contributed by atoms with van der Waals surface area (Å²) in [6.45, 7) is 4.55. The number of hydrogen-bond acceptors (Lipinski definition) is 5. The second-order valence-corrected chi connectivity index (χ2v) is 6.74. The SMILES string of the molecule is CC(C)COc1ccccc1NC(=O)C(=O)Nc1ncc(Cl)s1. The van der Waals surface area contributed by atoms with Crippen LogP contribution >= 0.6 is 22.9 Å². The fourth-order valence-electron chi connectivity index (χ4n) is 1.60. The number of nitrogens with zero attached hydrogens (tertiary/aromatic N) is 1. The number of ether oxygens (including phenoxy) is 1. The van der Waals surface area contributed by atoms with E-state index in [0.29, 0.717) is 28.3 Å². The van der Waals surface area contributed by atoms with Crippen LogP contribution in [0.3, 0.4) is 0 Å². The molecular weight excluding hydrogens is 338 g/mol. The first-order valence-electron chi connectivity index (χ1n) is 6.91. The molecule has 6 nitrogen and oxygen atoms in total. The van der Waals surface area contributed by atoms with Gasteiger partial charge in [-0.25, -0.2) is 4.98 Å². The summed E-state index contributed by atoms with van der Waals surface area (Å²) in [5, 5.41) is 5.18. The van der Waals surface area contributed by atoms with E-state index in [1.807, 2.05) is 13.8 Å². The summed E-state index contributed by atoms with van der Waals surface area (Å²) >= 11 is 6.79. The van der Waals surface area contributed by atoms with E-state index in [1.165, 1.54) is 6.20 Å². The lowest BCUT2D eigenvalue weighted by Gasteiger charge is -2.13. The lowest BCUT2D eigenvalue weighted by Crippen LogP contribution is -2.29. The van der Waals surface area contributed by atoms with Crippen molar-refractivity contribution in [3.05, 3.63) is 34.8 Å². The van der Waals surface area contributed by atoms with E-state index in [4.69, 9.17) is 16.3 Å². The molecule has 0 unspecified atom stereocenters. The summed E-state index contributed by atoms with van der Waals surface area (Å²) < 4.78 is 6.05.